The standard InChI is InChI=1S/C9H14N4O/c1-9(2,8(11)14)13-7-4-3-6(10)5-12-7/h3-5H,10H2,1-2H3,(H2,11,14)(H,12,13). The number of carbonyl (C=O) groups excluding carboxylic acids is 1. The lowest BCUT2D eigenvalue weighted by Crippen LogP contribution is -2.45. The van der Waals surface area contributed by atoms with E-state index in [-0.39, 0.29) is 0 Å². The first-order valence-electron chi connectivity index (χ1n) is 4.21. The molecule has 5 heteroatoms. The normalized spacial score (nSPS) is 11.0. The molecule has 14 heavy (non-hydrogen) atoms. The minimum Gasteiger partial charge on any atom is -0.397 e. The van der Waals surface area contributed by atoms with Crippen molar-refractivity contribution in [3.8, 4) is 0 Å². The van der Waals surface area contributed by atoms with Gasteiger partial charge in [0.1, 0.15) is 11.4 Å². The van der Waals surface area contributed by atoms with Crippen LogP contribution in [-0.4, -0.2) is 16.4 Å². The molecule has 0 saturated heterocycles. The van der Waals surface area contributed by atoms with Crippen LogP contribution in [0.5, 0.6) is 0 Å². The molecule has 0 atom stereocenters. The third-order valence-electron chi connectivity index (χ3n) is 1.84. The van der Waals surface area contributed by atoms with Crippen molar-refractivity contribution in [1.29, 1.82) is 0 Å². The maximum Gasteiger partial charge on any atom is 0.242 e. The monoisotopic (exact) mass is 194 g/mol. The zero-order chi connectivity index (χ0) is 10.8. The fourth-order valence-electron chi connectivity index (χ4n) is 0.861. The lowest BCUT2D eigenvalue weighted by molar-refractivity contribution is -0.121. The predicted octanol–water partition coefficient (Wildman–Crippen LogP) is 0.340. The van der Waals surface area contributed by atoms with Gasteiger partial charge in [-0.3, -0.25) is 4.79 Å². The van der Waals surface area contributed by atoms with Gasteiger partial charge in [0.25, 0.3) is 0 Å². The number of hydrogen-bond donors (Lipinski definition) is 3. The second-order valence-corrected chi connectivity index (χ2v) is 3.59. The van der Waals surface area contributed by atoms with E-state index in [4.69, 9.17) is 11.5 Å². The van der Waals surface area contributed by atoms with Crippen LogP contribution >= 0.6 is 0 Å². The van der Waals surface area contributed by atoms with Crippen LogP contribution in [0.3, 0.4) is 0 Å². The molecule has 0 aliphatic carbocycles. The molecule has 0 aliphatic rings. The van der Waals surface area contributed by atoms with E-state index in [2.05, 4.69) is 10.3 Å². The Bertz CT molecular complexity index is 331. The van der Waals surface area contributed by atoms with Gasteiger partial charge in [-0.1, -0.05) is 0 Å². The zero-order valence-corrected chi connectivity index (χ0v) is 8.24. The molecule has 1 rings (SSSR count). The number of amides is 1. The Kier molecular flexibility index (Phi) is 2.60. The number of carbonyl (C=O) groups is 1. The van der Waals surface area contributed by atoms with Crippen LogP contribution in [0.1, 0.15) is 13.8 Å². The summed E-state index contributed by atoms with van der Waals surface area (Å²) in [5.41, 5.74) is 10.4. The molecule has 1 amide bonds. The molecule has 0 aliphatic heterocycles. The molecule has 0 fully saturated rings. The molecule has 0 saturated carbocycles. The summed E-state index contributed by atoms with van der Waals surface area (Å²) in [5.74, 6) is 0.138. The number of hydrogen-bond acceptors (Lipinski definition) is 4. The zero-order valence-electron chi connectivity index (χ0n) is 8.24. The van der Waals surface area contributed by atoms with E-state index in [0.29, 0.717) is 11.5 Å². The number of aromatic nitrogens is 1. The van der Waals surface area contributed by atoms with E-state index >= 15 is 0 Å². The Hall–Kier alpha value is -1.78. The molecule has 0 aromatic carbocycles. The summed E-state index contributed by atoms with van der Waals surface area (Å²) in [6, 6.07) is 3.40. The highest BCUT2D eigenvalue weighted by atomic mass is 16.1. The number of anilines is 2. The van der Waals surface area contributed by atoms with Gasteiger partial charge in [0.15, 0.2) is 0 Å². The Labute approximate surface area is 82.5 Å². The van der Waals surface area contributed by atoms with Gasteiger partial charge in [-0.25, -0.2) is 4.98 Å². The highest BCUT2D eigenvalue weighted by Crippen LogP contribution is 2.12. The van der Waals surface area contributed by atoms with Crippen LogP contribution < -0.4 is 16.8 Å². The SMILES string of the molecule is CC(C)(Nc1ccc(N)cn1)C(N)=O. The quantitative estimate of drug-likeness (QED) is 0.646. The third kappa shape index (κ3) is 2.35. The lowest BCUT2D eigenvalue weighted by Gasteiger charge is -2.22. The highest BCUT2D eigenvalue weighted by molar-refractivity contribution is 5.86. The number of nitrogens with zero attached hydrogens (tertiary/aromatic N) is 1. The second kappa shape index (κ2) is 3.53. The van der Waals surface area contributed by atoms with Crippen LogP contribution in [0.4, 0.5) is 11.5 Å². The number of nitrogens with one attached hydrogen (secondary N) is 1. The van der Waals surface area contributed by atoms with Crippen LogP contribution in [0.2, 0.25) is 0 Å². The first-order valence-corrected chi connectivity index (χ1v) is 4.21. The van der Waals surface area contributed by atoms with Crippen LogP contribution in [0, 0.1) is 0 Å². The van der Waals surface area contributed by atoms with Crippen molar-refractivity contribution in [2.24, 2.45) is 5.73 Å². The second-order valence-electron chi connectivity index (χ2n) is 3.59. The van der Waals surface area contributed by atoms with Gasteiger partial charge in [0.2, 0.25) is 5.91 Å². The molecule has 0 radical (unpaired) electrons. The van der Waals surface area contributed by atoms with Gasteiger partial charge < -0.3 is 16.8 Å². The molecule has 5 nitrogen and oxygen atoms in total. The topological polar surface area (TPSA) is 94.0 Å². The maximum atomic E-state index is 11.0. The lowest BCUT2D eigenvalue weighted by atomic mass is 10.1. The number of primary amides is 1. The molecule has 1 aromatic heterocycles. The highest BCUT2D eigenvalue weighted by Gasteiger charge is 2.24. The largest absolute Gasteiger partial charge is 0.397 e. The molecule has 0 unspecified atom stereocenters. The van der Waals surface area contributed by atoms with Gasteiger partial charge in [-0.15, -0.1) is 0 Å². The van der Waals surface area contributed by atoms with E-state index in [1.807, 2.05) is 0 Å². The van der Waals surface area contributed by atoms with E-state index in [1.165, 1.54) is 6.20 Å². The van der Waals surface area contributed by atoms with E-state index in [1.54, 1.807) is 26.0 Å². The molecule has 76 valence electrons. The average molecular weight is 194 g/mol. The van der Waals surface area contributed by atoms with Crippen molar-refractivity contribution in [1.82, 2.24) is 4.98 Å². The van der Waals surface area contributed by atoms with Gasteiger partial charge in [0, 0.05) is 0 Å². The minimum absolute atomic E-state index is 0.434. The summed E-state index contributed by atoms with van der Waals surface area (Å²) in [6.45, 7) is 3.38. The van der Waals surface area contributed by atoms with Gasteiger partial charge in [-0.2, -0.15) is 0 Å². The predicted molar refractivity (Wildman–Crippen MR) is 55.5 cm³/mol. The summed E-state index contributed by atoms with van der Waals surface area (Å²) in [5, 5.41) is 2.90. The van der Waals surface area contributed by atoms with Gasteiger partial charge in [0.05, 0.1) is 11.9 Å². The number of nitrogens with two attached hydrogens (primary N) is 2. The summed E-state index contributed by atoms with van der Waals surface area (Å²) < 4.78 is 0. The van der Waals surface area contributed by atoms with Crippen molar-refractivity contribution < 1.29 is 4.79 Å². The molecule has 0 spiro atoms. The number of pyridine rings is 1. The van der Waals surface area contributed by atoms with Crippen molar-refractivity contribution >= 4 is 17.4 Å². The van der Waals surface area contributed by atoms with Crippen molar-refractivity contribution in [3.05, 3.63) is 18.3 Å². The van der Waals surface area contributed by atoms with E-state index in [0.717, 1.165) is 0 Å². The summed E-state index contributed by atoms with van der Waals surface area (Å²) in [6.07, 6.45) is 1.51. The van der Waals surface area contributed by atoms with Crippen molar-refractivity contribution in [3.63, 3.8) is 0 Å². The van der Waals surface area contributed by atoms with Crippen LogP contribution in [-0.2, 0) is 4.79 Å². The maximum absolute atomic E-state index is 11.0. The molecular weight excluding hydrogens is 180 g/mol. The molecular formula is C9H14N4O. The third-order valence-corrected chi connectivity index (χ3v) is 1.84. The molecule has 0 bridgehead atoms. The molecule has 1 heterocycles. The average Bonchev–Trinajstić information content (AvgIpc) is 2.08. The Balaban J connectivity index is 2.79. The Morgan fingerprint density at radius 3 is 2.57 bits per heavy atom. The van der Waals surface area contributed by atoms with Gasteiger partial charge >= 0.3 is 0 Å². The van der Waals surface area contributed by atoms with Crippen molar-refractivity contribution in [2.75, 3.05) is 11.1 Å². The Morgan fingerprint density at radius 1 is 1.50 bits per heavy atom. The van der Waals surface area contributed by atoms with Gasteiger partial charge in [-0.05, 0) is 26.0 Å². The first kappa shape index (κ1) is 10.3. The molecule has 1 aromatic rings. The van der Waals surface area contributed by atoms with E-state index in [9.17, 15) is 4.79 Å². The smallest absolute Gasteiger partial charge is 0.242 e. The minimum atomic E-state index is -0.816. The molecule has 5 N–H and O–H groups in total. The van der Waals surface area contributed by atoms with Crippen molar-refractivity contribution in [2.45, 2.75) is 19.4 Å². The summed E-state index contributed by atoms with van der Waals surface area (Å²) in [7, 11) is 0. The number of nitrogen functional groups attached to an aromatic ring is 1. The number of rotatable bonds is 3. The van der Waals surface area contributed by atoms with Crippen LogP contribution in [0.15, 0.2) is 18.3 Å². The first-order chi connectivity index (χ1) is 6.42. The fourth-order valence-corrected chi connectivity index (χ4v) is 0.861. The Morgan fingerprint density at radius 2 is 2.14 bits per heavy atom. The van der Waals surface area contributed by atoms with E-state index < -0.39 is 11.4 Å². The summed E-state index contributed by atoms with van der Waals surface area (Å²) >= 11 is 0. The van der Waals surface area contributed by atoms with Crippen LogP contribution in [0.25, 0.3) is 0 Å². The summed E-state index contributed by atoms with van der Waals surface area (Å²) in [4.78, 5) is 15.0. The fraction of sp³-hybridized carbons (Fsp3) is 0.333.